The molecule has 0 unspecified atom stereocenters. The van der Waals surface area contributed by atoms with Crippen molar-refractivity contribution >= 4 is 45.6 Å². The van der Waals surface area contributed by atoms with Gasteiger partial charge in [0.15, 0.2) is 0 Å². The maximum Gasteiger partial charge on any atom is 0.243 e. The number of nitrogens with zero attached hydrogens (tertiary/aromatic N) is 3. The van der Waals surface area contributed by atoms with Gasteiger partial charge in [-0.2, -0.15) is 0 Å². The Bertz CT molecular complexity index is 1150. The first-order valence-electron chi connectivity index (χ1n) is 12.9. The van der Waals surface area contributed by atoms with Crippen molar-refractivity contribution in [2.45, 2.75) is 60.3 Å². The number of likely N-dealkylation sites (tertiary alicyclic amines) is 1. The fourth-order valence-corrected chi connectivity index (χ4v) is 7.48. The van der Waals surface area contributed by atoms with Crippen molar-refractivity contribution in [3.63, 3.8) is 0 Å². The van der Waals surface area contributed by atoms with E-state index in [0.29, 0.717) is 10.8 Å². The first-order chi connectivity index (χ1) is 17.2. The molecule has 2 aromatic carbocycles. The third-order valence-electron chi connectivity index (χ3n) is 6.91. The summed E-state index contributed by atoms with van der Waals surface area (Å²) in [5, 5.41) is 9.23. The summed E-state index contributed by atoms with van der Waals surface area (Å²) in [6, 6.07) is 11.7. The molecule has 0 radical (unpaired) electrons. The van der Waals surface area contributed by atoms with Gasteiger partial charge in [0.25, 0.3) is 0 Å². The van der Waals surface area contributed by atoms with Gasteiger partial charge in [-0.25, -0.2) is 12.7 Å². The lowest BCUT2D eigenvalue weighted by Crippen LogP contribution is -2.36. The van der Waals surface area contributed by atoms with Crippen molar-refractivity contribution in [1.82, 2.24) is 9.21 Å². The molecule has 10 heteroatoms. The zero-order valence-electron chi connectivity index (χ0n) is 22.2. The molecule has 1 saturated heterocycles. The van der Waals surface area contributed by atoms with E-state index in [9.17, 15) is 13.5 Å². The van der Waals surface area contributed by atoms with Gasteiger partial charge in [-0.1, -0.05) is 17.8 Å². The van der Waals surface area contributed by atoms with Crippen LogP contribution in [0.15, 0.2) is 51.1 Å². The van der Waals surface area contributed by atoms with E-state index >= 15 is 0 Å². The van der Waals surface area contributed by atoms with Gasteiger partial charge < -0.3 is 19.6 Å². The highest BCUT2D eigenvalue weighted by atomic mass is 35.5. The number of aliphatic hydroxyl groups excluding tert-OH is 1. The minimum Gasteiger partial charge on any atom is -0.491 e. The molecule has 2 aliphatic heterocycles. The number of hydrogen-bond donors (Lipinski definition) is 1. The molecule has 37 heavy (non-hydrogen) atoms. The molecule has 0 atom stereocenters. The Kier molecular flexibility index (Phi) is 10.6. The standard InChI is InChI=1S/C27H39N3O4S2.ClH/c1-20(2)34-22-9-10-25-24(19-22)30(15-6-14-29-16-11-21(12-17-29)13-18-31)23-7-5-8-26(27(23)35-25)36(32,33)28(3)4;/h5,7-10,19-21,31H,6,11-18H2,1-4H3;1H. The highest BCUT2D eigenvalue weighted by Crippen LogP contribution is 2.51. The predicted octanol–water partition coefficient (Wildman–Crippen LogP) is 5.23. The van der Waals surface area contributed by atoms with Crippen molar-refractivity contribution in [1.29, 1.82) is 0 Å². The lowest BCUT2D eigenvalue weighted by molar-refractivity contribution is 0.158. The topological polar surface area (TPSA) is 73.3 Å². The van der Waals surface area contributed by atoms with Crippen LogP contribution in [-0.4, -0.2) is 75.7 Å². The average molecular weight is 570 g/mol. The number of ether oxygens (including phenoxy) is 1. The minimum absolute atomic E-state index is 0. The molecule has 0 aliphatic carbocycles. The second kappa shape index (κ2) is 13.0. The third kappa shape index (κ3) is 6.94. The van der Waals surface area contributed by atoms with Crippen molar-refractivity contribution in [2.75, 3.05) is 51.8 Å². The van der Waals surface area contributed by atoms with Gasteiger partial charge in [-0.15, -0.1) is 12.4 Å². The zero-order chi connectivity index (χ0) is 25.9. The van der Waals surface area contributed by atoms with E-state index in [0.717, 1.165) is 78.8 Å². The van der Waals surface area contributed by atoms with Gasteiger partial charge >= 0.3 is 0 Å². The molecule has 2 aliphatic rings. The van der Waals surface area contributed by atoms with Crippen molar-refractivity contribution in [3.05, 3.63) is 36.4 Å². The molecule has 2 aromatic rings. The van der Waals surface area contributed by atoms with E-state index in [1.54, 1.807) is 20.2 Å². The fraction of sp³-hybridized carbons (Fsp3) is 0.556. The highest BCUT2D eigenvalue weighted by Gasteiger charge is 2.31. The smallest absolute Gasteiger partial charge is 0.243 e. The largest absolute Gasteiger partial charge is 0.491 e. The number of hydrogen-bond acceptors (Lipinski definition) is 7. The zero-order valence-corrected chi connectivity index (χ0v) is 24.7. The van der Waals surface area contributed by atoms with Gasteiger partial charge in [0.05, 0.1) is 27.3 Å². The normalized spacial score (nSPS) is 16.5. The molecular weight excluding hydrogens is 530 g/mol. The number of benzene rings is 2. The van der Waals surface area contributed by atoms with Crippen LogP contribution in [0.3, 0.4) is 0 Å². The number of rotatable bonds is 10. The van der Waals surface area contributed by atoms with Crippen LogP contribution in [0.25, 0.3) is 0 Å². The van der Waals surface area contributed by atoms with Gasteiger partial charge in [-0.05, 0) is 89.3 Å². The van der Waals surface area contributed by atoms with E-state index in [1.807, 2.05) is 38.1 Å². The molecule has 4 rings (SSSR count). The summed E-state index contributed by atoms with van der Waals surface area (Å²) in [7, 11) is -0.428. The number of fused-ring (bicyclic) bond motifs is 2. The van der Waals surface area contributed by atoms with Crippen molar-refractivity contribution < 1.29 is 18.3 Å². The van der Waals surface area contributed by atoms with Crippen LogP contribution in [0.5, 0.6) is 5.75 Å². The van der Waals surface area contributed by atoms with E-state index in [-0.39, 0.29) is 25.1 Å². The Hall–Kier alpha value is -1.49. The second-order valence-corrected chi connectivity index (χ2v) is 13.3. The van der Waals surface area contributed by atoms with Gasteiger partial charge in [0, 0.05) is 38.2 Å². The number of aliphatic hydroxyl groups is 1. The van der Waals surface area contributed by atoms with Crippen LogP contribution in [0.4, 0.5) is 11.4 Å². The van der Waals surface area contributed by atoms with E-state index in [4.69, 9.17) is 4.74 Å². The predicted molar refractivity (Wildman–Crippen MR) is 153 cm³/mol. The van der Waals surface area contributed by atoms with Crippen LogP contribution in [0.2, 0.25) is 0 Å². The highest BCUT2D eigenvalue weighted by molar-refractivity contribution is 8.00. The van der Waals surface area contributed by atoms with Crippen LogP contribution >= 0.6 is 24.2 Å². The molecule has 0 amide bonds. The molecule has 0 saturated carbocycles. The lowest BCUT2D eigenvalue weighted by Gasteiger charge is -2.36. The van der Waals surface area contributed by atoms with Gasteiger partial charge in [0.2, 0.25) is 10.0 Å². The molecular formula is C27H40ClN3O4S2. The average Bonchev–Trinajstić information content (AvgIpc) is 2.84. The van der Waals surface area contributed by atoms with E-state index in [1.165, 1.54) is 16.1 Å². The quantitative estimate of drug-likeness (QED) is 0.420. The summed E-state index contributed by atoms with van der Waals surface area (Å²) in [5.41, 5.74) is 1.99. The molecule has 7 nitrogen and oxygen atoms in total. The summed E-state index contributed by atoms with van der Waals surface area (Å²) in [6.45, 7) is 8.25. The monoisotopic (exact) mass is 569 g/mol. The Morgan fingerprint density at radius 2 is 1.84 bits per heavy atom. The summed E-state index contributed by atoms with van der Waals surface area (Å²) in [5.74, 6) is 1.46. The Labute approximate surface area is 232 Å². The number of sulfonamides is 1. The summed E-state index contributed by atoms with van der Waals surface area (Å²) >= 11 is 1.52. The summed E-state index contributed by atoms with van der Waals surface area (Å²) in [6.07, 6.45) is 4.24. The molecule has 0 aromatic heterocycles. The van der Waals surface area contributed by atoms with Crippen molar-refractivity contribution in [3.8, 4) is 5.75 Å². The van der Waals surface area contributed by atoms with Crippen LogP contribution < -0.4 is 9.64 Å². The lowest BCUT2D eigenvalue weighted by atomic mass is 9.94. The maximum atomic E-state index is 13.1. The van der Waals surface area contributed by atoms with E-state index < -0.39 is 10.0 Å². The first kappa shape index (κ1) is 30.1. The van der Waals surface area contributed by atoms with Crippen LogP contribution in [-0.2, 0) is 10.0 Å². The Morgan fingerprint density at radius 1 is 1.11 bits per heavy atom. The van der Waals surface area contributed by atoms with Gasteiger partial charge in [0.1, 0.15) is 5.75 Å². The Morgan fingerprint density at radius 3 is 2.49 bits per heavy atom. The molecule has 1 fully saturated rings. The number of piperidine rings is 1. The molecule has 0 spiro atoms. The van der Waals surface area contributed by atoms with Crippen LogP contribution in [0.1, 0.15) is 39.5 Å². The molecule has 0 bridgehead atoms. The Balaban J connectivity index is 0.00000380. The summed E-state index contributed by atoms with van der Waals surface area (Å²) < 4.78 is 33.6. The van der Waals surface area contributed by atoms with Gasteiger partial charge in [-0.3, -0.25) is 0 Å². The second-order valence-electron chi connectivity index (χ2n) is 10.1. The summed E-state index contributed by atoms with van der Waals surface area (Å²) in [4.78, 5) is 6.94. The number of halogens is 1. The van der Waals surface area contributed by atoms with Crippen LogP contribution in [0, 0.1) is 5.92 Å². The minimum atomic E-state index is -3.58. The van der Waals surface area contributed by atoms with E-state index in [2.05, 4.69) is 15.9 Å². The SMILES string of the molecule is CC(C)Oc1ccc2c(c1)N(CCCN1CCC(CCO)CC1)c1cccc(S(=O)(=O)N(C)C)c1S2.Cl. The first-order valence-corrected chi connectivity index (χ1v) is 15.1. The molecule has 1 N–H and O–H groups in total. The molecule has 206 valence electrons. The van der Waals surface area contributed by atoms with Crippen molar-refractivity contribution in [2.24, 2.45) is 5.92 Å². The number of anilines is 2. The third-order valence-corrected chi connectivity index (χ3v) is 10.1. The maximum absolute atomic E-state index is 13.1. The molecule has 2 heterocycles. The fourth-order valence-electron chi connectivity index (χ4n) is 4.97.